The zero-order valence-corrected chi connectivity index (χ0v) is 12.6. The van der Waals surface area contributed by atoms with Gasteiger partial charge in [-0.3, -0.25) is 9.48 Å². The van der Waals surface area contributed by atoms with Crippen LogP contribution in [0, 0.1) is 5.92 Å². The molecule has 1 atom stereocenters. The van der Waals surface area contributed by atoms with E-state index in [-0.39, 0.29) is 11.8 Å². The molecule has 21 heavy (non-hydrogen) atoms. The first-order chi connectivity index (χ1) is 10.0. The second kappa shape index (κ2) is 6.74. The molecule has 1 aliphatic carbocycles. The van der Waals surface area contributed by atoms with E-state index in [1.54, 1.807) is 17.9 Å². The fourth-order valence-corrected chi connectivity index (χ4v) is 3.05. The minimum absolute atomic E-state index is 0.0296. The van der Waals surface area contributed by atoms with Gasteiger partial charge in [-0.25, -0.2) is 4.79 Å². The number of aromatic nitrogens is 2. The predicted molar refractivity (Wildman–Crippen MR) is 78.1 cm³/mol. The Morgan fingerprint density at radius 2 is 2.10 bits per heavy atom. The van der Waals surface area contributed by atoms with Gasteiger partial charge in [-0.2, -0.15) is 5.10 Å². The van der Waals surface area contributed by atoms with E-state index < -0.39 is 12.0 Å². The highest BCUT2D eigenvalue weighted by molar-refractivity contribution is 5.97. The summed E-state index contributed by atoms with van der Waals surface area (Å²) in [4.78, 5) is 23.9. The minimum atomic E-state index is -0.947. The van der Waals surface area contributed by atoms with Crippen LogP contribution >= 0.6 is 0 Å². The smallest absolute Gasteiger partial charge is 0.326 e. The minimum Gasteiger partial charge on any atom is -0.480 e. The van der Waals surface area contributed by atoms with Crippen molar-refractivity contribution in [2.45, 2.75) is 51.5 Å². The van der Waals surface area contributed by atoms with Crippen LogP contribution in [0.5, 0.6) is 0 Å². The van der Waals surface area contributed by atoms with Crippen LogP contribution in [0.4, 0.5) is 0 Å². The zero-order chi connectivity index (χ0) is 15.4. The molecule has 116 valence electrons. The Labute approximate surface area is 124 Å². The number of carbonyl (C=O) groups excluding carboxylic acids is 1. The fourth-order valence-electron chi connectivity index (χ4n) is 3.05. The average molecular weight is 293 g/mol. The fraction of sp³-hybridized carbons (Fsp3) is 0.667. The quantitative estimate of drug-likeness (QED) is 0.866. The van der Waals surface area contributed by atoms with Gasteiger partial charge >= 0.3 is 5.97 Å². The summed E-state index contributed by atoms with van der Waals surface area (Å²) in [6.45, 7) is 1.93. The second-order valence-electron chi connectivity index (χ2n) is 5.70. The highest BCUT2D eigenvalue weighted by Gasteiger charge is 2.31. The Hall–Kier alpha value is -1.85. The summed E-state index contributed by atoms with van der Waals surface area (Å²) in [5.74, 6) is -1.25. The number of carboxylic acid groups (broad SMARTS) is 1. The maximum Gasteiger partial charge on any atom is 0.326 e. The normalized spacial score (nSPS) is 17.4. The molecular weight excluding hydrogens is 270 g/mol. The monoisotopic (exact) mass is 293 g/mol. The highest BCUT2D eigenvalue weighted by Crippen LogP contribution is 2.27. The zero-order valence-electron chi connectivity index (χ0n) is 12.6. The number of carbonyl (C=O) groups is 2. The molecule has 1 aromatic rings. The first-order valence-corrected chi connectivity index (χ1v) is 7.59. The number of amides is 1. The van der Waals surface area contributed by atoms with Crippen molar-refractivity contribution >= 4 is 11.9 Å². The van der Waals surface area contributed by atoms with Crippen molar-refractivity contribution < 1.29 is 14.7 Å². The van der Waals surface area contributed by atoms with Gasteiger partial charge in [-0.05, 0) is 25.2 Å². The van der Waals surface area contributed by atoms with Crippen molar-refractivity contribution in [2.24, 2.45) is 13.0 Å². The Bertz CT molecular complexity index is 518. The molecule has 0 aromatic carbocycles. The third-order valence-electron chi connectivity index (χ3n) is 4.16. The van der Waals surface area contributed by atoms with Crippen LogP contribution in [-0.2, 0) is 18.3 Å². The van der Waals surface area contributed by atoms with Gasteiger partial charge in [0.15, 0.2) is 0 Å². The topological polar surface area (TPSA) is 84.2 Å². The van der Waals surface area contributed by atoms with Crippen LogP contribution in [0.25, 0.3) is 0 Å². The van der Waals surface area contributed by atoms with Crippen LogP contribution < -0.4 is 5.32 Å². The Morgan fingerprint density at radius 1 is 1.43 bits per heavy atom. The molecule has 6 heteroatoms. The lowest BCUT2D eigenvalue weighted by Crippen LogP contribution is -2.46. The molecule has 1 saturated carbocycles. The molecule has 1 unspecified atom stereocenters. The van der Waals surface area contributed by atoms with Crippen LogP contribution in [0.3, 0.4) is 0 Å². The largest absolute Gasteiger partial charge is 0.480 e. The number of carboxylic acids is 1. The van der Waals surface area contributed by atoms with E-state index in [4.69, 9.17) is 0 Å². The van der Waals surface area contributed by atoms with E-state index in [2.05, 4.69) is 10.4 Å². The first-order valence-electron chi connectivity index (χ1n) is 7.59. The van der Waals surface area contributed by atoms with Crippen LogP contribution in [-0.4, -0.2) is 32.8 Å². The number of rotatable bonds is 5. The van der Waals surface area contributed by atoms with Crippen molar-refractivity contribution in [3.63, 3.8) is 0 Å². The number of aliphatic carboxylic acids is 1. The summed E-state index contributed by atoms with van der Waals surface area (Å²) in [7, 11) is 1.76. The molecule has 0 radical (unpaired) electrons. The molecule has 0 aliphatic heterocycles. The Kier molecular flexibility index (Phi) is 4.98. The van der Waals surface area contributed by atoms with E-state index >= 15 is 0 Å². The van der Waals surface area contributed by atoms with Gasteiger partial charge in [0.05, 0.1) is 11.3 Å². The molecular formula is C15H23N3O3. The van der Waals surface area contributed by atoms with Gasteiger partial charge < -0.3 is 10.4 Å². The molecule has 6 nitrogen and oxygen atoms in total. The molecule has 0 saturated heterocycles. The van der Waals surface area contributed by atoms with E-state index in [0.29, 0.717) is 17.7 Å². The SMILES string of the molecule is CCc1nn(C)cc1C(=O)NC(C(=O)O)C1CCCCC1. The number of hydrogen-bond donors (Lipinski definition) is 2. The molecule has 1 amide bonds. The van der Waals surface area contributed by atoms with Gasteiger partial charge in [0, 0.05) is 13.2 Å². The van der Waals surface area contributed by atoms with Gasteiger partial charge in [0.1, 0.15) is 6.04 Å². The summed E-state index contributed by atoms with van der Waals surface area (Å²) in [5, 5.41) is 16.3. The Morgan fingerprint density at radius 3 is 2.67 bits per heavy atom. The third-order valence-corrected chi connectivity index (χ3v) is 4.16. The van der Waals surface area contributed by atoms with Crippen molar-refractivity contribution in [3.05, 3.63) is 17.5 Å². The number of hydrogen-bond acceptors (Lipinski definition) is 3. The highest BCUT2D eigenvalue weighted by atomic mass is 16.4. The lowest BCUT2D eigenvalue weighted by Gasteiger charge is -2.27. The van der Waals surface area contributed by atoms with Crippen molar-refractivity contribution in [3.8, 4) is 0 Å². The maximum atomic E-state index is 12.4. The standard InChI is InChI=1S/C15H23N3O3/c1-3-12-11(9-18(2)17-12)14(19)16-13(15(20)21)10-7-5-4-6-8-10/h9-10,13H,3-8H2,1-2H3,(H,16,19)(H,20,21). The molecule has 1 aliphatic rings. The maximum absolute atomic E-state index is 12.4. The summed E-state index contributed by atoms with van der Waals surface area (Å²) in [5.41, 5.74) is 1.17. The second-order valence-corrected chi connectivity index (χ2v) is 5.70. The predicted octanol–water partition coefficient (Wildman–Crippen LogP) is 1.75. The van der Waals surface area contributed by atoms with Gasteiger partial charge in [0.25, 0.3) is 5.91 Å². The van der Waals surface area contributed by atoms with Crippen LogP contribution in [0.2, 0.25) is 0 Å². The Balaban J connectivity index is 2.12. The third kappa shape index (κ3) is 3.62. The number of nitrogens with one attached hydrogen (secondary N) is 1. The summed E-state index contributed by atoms with van der Waals surface area (Å²) >= 11 is 0. The summed E-state index contributed by atoms with van der Waals surface area (Å²) < 4.78 is 1.59. The van der Waals surface area contributed by atoms with E-state index in [9.17, 15) is 14.7 Å². The van der Waals surface area contributed by atoms with E-state index in [1.165, 1.54) is 0 Å². The summed E-state index contributed by atoms with van der Waals surface area (Å²) in [6.07, 6.45) is 7.25. The average Bonchev–Trinajstić information content (AvgIpc) is 2.86. The van der Waals surface area contributed by atoms with E-state index in [1.807, 2.05) is 6.92 Å². The van der Waals surface area contributed by atoms with Crippen molar-refractivity contribution in [2.75, 3.05) is 0 Å². The van der Waals surface area contributed by atoms with Crippen molar-refractivity contribution in [1.82, 2.24) is 15.1 Å². The van der Waals surface area contributed by atoms with Crippen LogP contribution in [0.1, 0.15) is 55.1 Å². The molecule has 0 spiro atoms. The molecule has 1 heterocycles. The lowest BCUT2D eigenvalue weighted by molar-refractivity contribution is -0.141. The molecule has 2 N–H and O–H groups in total. The molecule has 1 aromatic heterocycles. The van der Waals surface area contributed by atoms with E-state index in [0.717, 1.165) is 32.1 Å². The van der Waals surface area contributed by atoms with Crippen molar-refractivity contribution in [1.29, 1.82) is 0 Å². The lowest BCUT2D eigenvalue weighted by atomic mass is 9.84. The summed E-state index contributed by atoms with van der Waals surface area (Å²) in [6, 6.07) is -0.803. The number of aryl methyl sites for hydroxylation is 2. The van der Waals surface area contributed by atoms with Gasteiger partial charge in [-0.15, -0.1) is 0 Å². The first kappa shape index (κ1) is 15.5. The van der Waals surface area contributed by atoms with Gasteiger partial charge in [-0.1, -0.05) is 26.2 Å². The number of nitrogens with zero attached hydrogens (tertiary/aromatic N) is 2. The molecule has 0 bridgehead atoms. The molecule has 1 fully saturated rings. The van der Waals surface area contributed by atoms with Gasteiger partial charge in [0.2, 0.25) is 0 Å². The molecule has 2 rings (SSSR count). The van der Waals surface area contributed by atoms with Crippen LogP contribution in [0.15, 0.2) is 6.20 Å².